The Morgan fingerprint density at radius 2 is 2.50 bits per heavy atom. The molecule has 12 heavy (non-hydrogen) atoms. The molecule has 0 aliphatic carbocycles. The second kappa shape index (κ2) is 3.98. The number of nitrogen functional groups attached to an aromatic ring is 1. The van der Waals surface area contributed by atoms with Gasteiger partial charge in [0.15, 0.2) is 0 Å². The molecular formula is C8H7BrN2O. The number of terminal acetylenes is 1. The van der Waals surface area contributed by atoms with Crippen molar-refractivity contribution >= 4 is 21.7 Å². The standard InChI is InChI=1S/C8H7BrN2O/c1-2-3-12-7-4-8(10)11-5-6(7)9/h1,4-5H,3H2,(H2,10,11). The van der Waals surface area contributed by atoms with Crippen LogP contribution in [0.15, 0.2) is 16.7 Å². The first kappa shape index (κ1) is 8.88. The maximum absolute atomic E-state index is 5.44. The molecule has 1 aromatic rings. The van der Waals surface area contributed by atoms with Crippen molar-refractivity contribution in [1.29, 1.82) is 0 Å². The molecule has 1 heterocycles. The van der Waals surface area contributed by atoms with Crippen molar-refractivity contribution in [2.75, 3.05) is 12.3 Å². The smallest absolute Gasteiger partial charge is 0.148 e. The van der Waals surface area contributed by atoms with Gasteiger partial charge in [0.05, 0.1) is 4.47 Å². The van der Waals surface area contributed by atoms with Crippen molar-refractivity contribution in [2.24, 2.45) is 0 Å². The highest BCUT2D eigenvalue weighted by Crippen LogP contribution is 2.24. The van der Waals surface area contributed by atoms with Crippen molar-refractivity contribution in [3.63, 3.8) is 0 Å². The van der Waals surface area contributed by atoms with Crippen LogP contribution in [0.3, 0.4) is 0 Å². The number of pyridine rings is 1. The average Bonchev–Trinajstić information content (AvgIpc) is 2.07. The quantitative estimate of drug-likeness (QED) is 0.777. The summed E-state index contributed by atoms with van der Waals surface area (Å²) >= 11 is 3.25. The predicted octanol–water partition coefficient (Wildman–Crippen LogP) is 1.44. The van der Waals surface area contributed by atoms with Crippen molar-refractivity contribution in [1.82, 2.24) is 4.98 Å². The molecule has 0 spiro atoms. The molecule has 0 aromatic carbocycles. The Morgan fingerprint density at radius 1 is 1.75 bits per heavy atom. The largest absolute Gasteiger partial charge is 0.480 e. The summed E-state index contributed by atoms with van der Waals surface area (Å²) in [5.74, 6) is 3.38. The molecule has 1 aromatic heterocycles. The van der Waals surface area contributed by atoms with E-state index in [1.165, 1.54) is 0 Å². The zero-order valence-electron chi connectivity index (χ0n) is 6.25. The normalized spacial score (nSPS) is 9.00. The van der Waals surface area contributed by atoms with E-state index in [-0.39, 0.29) is 6.61 Å². The molecule has 62 valence electrons. The van der Waals surface area contributed by atoms with E-state index in [2.05, 4.69) is 26.8 Å². The fraction of sp³-hybridized carbons (Fsp3) is 0.125. The van der Waals surface area contributed by atoms with Crippen molar-refractivity contribution in [3.8, 4) is 18.1 Å². The third-order valence-corrected chi connectivity index (χ3v) is 1.75. The van der Waals surface area contributed by atoms with Gasteiger partial charge in [0, 0.05) is 12.3 Å². The van der Waals surface area contributed by atoms with Crippen LogP contribution in [0, 0.1) is 12.3 Å². The van der Waals surface area contributed by atoms with E-state index in [0.717, 1.165) is 4.47 Å². The van der Waals surface area contributed by atoms with Gasteiger partial charge in [-0.25, -0.2) is 4.98 Å². The van der Waals surface area contributed by atoms with Gasteiger partial charge in [-0.15, -0.1) is 6.42 Å². The van der Waals surface area contributed by atoms with Gasteiger partial charge in [0.1, 0.15) is 18.2 Å². The van der Waals surface area contributed by atoms with Gasteiger partial charge in [-0.1, -0.05) is 5.92 Å². The molecule has 0 unspecified atom stereocenters. The minimum absolute atomic E-state index is 0.224. The van der Waals surface area contributed by atoms with Gasteiger partial charge in [-0.05, 0) is 15.9 Å². The Kier molecular flexibility index (Phi) is 2.94. The van der Waals surface area contributed by atoms with E-state index < -0.39 is 0 Å². The first-order valence-electron chi connectivity index (χ1n) is 3.21. The van der Waals surface area contributed by atoms with Gasteiger partial charge in [0.2, 0.25) is 0 Å². The lowest BCUT2D eigenvalue weighted by Crippen LogP contribution is -1.97. The van der Waals surface area contributed by atoms with Crippen LogP contribution in [0.2, 0.25) is 0 Å². The second-order valence-electron chi connectivity index (χ2n) is 2.03. The first-order chi connectivity index (χ1) is 5.74. The number of nitrogens with two attached hydrogens (primary N) is 1. The van der Waals surface area contributed by atoms with Gasteiger partial charge >= 0.3 is 0 Å². The Balaban J connectivity index is 2.84. The maximum atomic E-state index is 5.44. The Labute approximate surface area is 79.1 Å². The lowest BCUT2D eigenvalue weighted by atomic mass is 10.4. The summed E-state index contributed by atoms with van der Waals surface area (Å²) in [5.41, 5.74) is 5.44. The van der Waals surface area contributed by atoms with Crippen LogP contribution in [0.1, 0.15) is 0 Å². The summed E-state index contributed by atoms with van der Waals surface area (Å²) in [5, 5.41) is 0. The van der Waals surface area contributed by atoms with Crippen LogP contribution in [0.25, 0.3) is 0 Å². The molecule has 0 atom stereocenters. The van der Waals surface area contributed by atoms with Gasteiger partial charge in [-0.2, -0.15) is 0 Å². The molecule has 0 aliphatic heterocycles. The molecule has 4 heteroatoms. The minimum atomic E-state index is 0.224. The second-order valence-corrected chi connectivity index (χ2v) is 2.89. The molecule has 0 saturated carbocycles. The zero-order chi connectivity index (χ0) is 8.97. The van der Waals surface area contributed by atoms with Gasteiger partial charge in [-0.3, -0.25) is 0 Å². The Morgan fingerprint density at radius 3 is 3.17 bits per heavy atom. The highest BCUT2D eigenvalue weighted by Gasteiger charge is 2.00. The molecule has 0 aliphatic rings. The molecule has 0 saturated heterocycles. The van der Waals surface area contributed by atoms with Crippen molar-refractivity contribution in [2.45, 2.75) is 0 Å². The average molecular weight is 227 g/mol. The SMILES string of the molecule is C#CCOc1cc(N)ncc1Br. The number of rotatable bonds is 2. The van der Waals surface area contributed by atoms with Crippen LogP contribution >= 0.6 is 15.9 Å². The highest BCUT2D eigenvalue weighted by molar-refractivity contribution is 9.10. The topological polar surface area (TPSA) is 48.1 Å². The van der Waals surface area contributed by atoms with Crippen LogP contribution in [0.5, 0.6) is 5.75 Å². The van der Waals surface area contributed by atoms with Gasteiger partial charge < -0.3 is 10.5 Å². The molecule has 0 fully saturated rings. The Bertz CT molecular complexity index is 319. The van der Waals surface area contributed by atoms with E-state index in [1.54, 1.807) is 12.3 Å². The van der Waals surface area contributed by atoms with E-state index >= 15 is 0 Å². The summed E-state index contributed by atoms with van der Waals surface area (Å²) in [4.78, 5) is 3.85. The molecule has 3 nitrogen and oxygen atoms in total. The maximum Gasteiger partial charge on any atom is 0.148 e. The molecular weight excluding hydrogens is 220 g/mol. The number of aromatic nitrogens is 1. The van der Waals surface area contributed by atoms with Crippen LogP contribution in [-0.4, -0.2) is 11.6 Å². The van der Waals surface area contributed by atoms with E-state index in [0.29, 0.717) is 11.6 Å². The lowest BCUT2D eigenvalue weighted by Gasteiger charge is -2.04. The molecule has 0 bridgehead atoms. The molecule has 2 N–H and O–H groups in total. The summed E-state index contributed by atoms with van der Waals surface area (Å²) in [7, 11) is 0. The van der Waals surface area contributed by atoms with Crippen LogP contribution in [-0.2, 0) is 0 Å². The van der Waals surface area contributed by atoms with E-state index in [4.69, 9.17) is 16.9 Å². The van der Waals surface area contributed by atoms with E-state index in [1.807, 2.05) is 0 Å². The number of halogens is 1. The number of nitrogens with zero attached hydrogens (tertiary/aromatic N) is 1. The van der Waals surface area contributed by atoms with Crippen LogP contribution in [0.4, 0.5) is 5.82 Å². The van der Waals surface area contributed by atoms with Crippen molar-refractivity contribution in [3.05, 3.63) is 16.7 Å². The third kappa shape index (κ3) is 2.14. The number of anilines is 1. The number of hydrogen-bond donors (Lipinski definition) is 1. The summed E-state index contributed by atoms with van der Waals surface area (Å²) in [6.45, 7) is 0.224. The molecule has 0 radical (unpaired) electrons. The Hall–Kier alpha value is -1.21. The fourth-order valence-electron chi connectivity index (χ4n) is 0.665. The summed E-state index contributed by atoms with van der Waals surface area (Å²) in [6.07, 6.45) is 6.60. The predicted molar refractivity (Wildman–Crippen MR) is 50.7 cm³/mol. The fourth-order valence-corrected chi connectivity index (χ4v) is 0.997. The van der Waals surface area contributed by atoms with E-state index in [9.17, 15) is 0 Å². The first-order valence-corrected chi connectivity index (χ1v) is 4.00. The highest BCUT2D eigenvalue weighted by atomic mass is 79.9. The monoisotopic (exact) mass is 226 g/mol. The van der Waals surface area contributed by atoms with Gasteiger partial charge in [0.25, 0.3) is 0 Å². The lowest BCUT2D eigenvalue weighted by molar-refractivity contribution is 0.368. The summed E-state index contributed by atoms with van der Waals surface area (Å²) < 4.78 is 5.91. The molecule has 1 rings (SSSR count). The zero-order valence-corrected chi connectivity index (χ0v) is 7.84. The molecule has 0 amide bonds. The third-order valence-electron chi connectivity index (χ3n) is 1.15. The van der Waals surface area contributed by atoms with Crippen LogP contribution < -0.4 is 10.5 Å². The summed E-state index contributed by atoms with van der Waals surface area (Å²) in [6, 6.07) is 1.61. The number of hydrogen-bond acceptors (Lipinski definition) is 3. The number of ether oxygens (including phenoxy) is 1. The van der Waals surface area contributed by atoms with Crippen molar-refractivity contribution < 1.29 is 4.74 Å². The minimum Gasteiger partial charge on any atom is -0.480 e.